The summed E-state index contributed by atoms with van der Waals surface area (Å²) in [6, 6.07) is 21.0. The molecule has 0 aliphatic carbocycles. The van der Waals surface area contributed by atoms with E-state index in [0.29, 0.717) is 41.0 Å². The van der Waals surface area contributed by atoms with Crippen LogP contribution in [-0.4, -0.2) is 74.2 Å². The van der Waals surface area contributed by atoms with E-state index in [1.165, 1.54) is 10.9 Å². The third-order valence-electron chi connectivity index (χ3n) is 9.53. The molecule has 8 rings (SSSR count). The lowest BCUT2D eigenvalue weighted by Crippen LogP contribution is -2.46. The third-order valence-corrected chi connectivity index (χ3v) is 10.1. The minimum Gasteiger partial charge on any atom is -0.491 e. The van der Waals surface area contributed by atoms with E-state index < -0.39 is 5.79 Å². The average molecular weight is 720 g/mol. The molecule has 13 nitrogen and oxygen atoms in total. The first-order chi connectivity index (χ1) is 24.4. The Labute approximate surface area is 297 Å². The highest BCUT2D eigenvalue weighted by Crippen LogP contribution is 2.40. The van der Waals surface area contributed by atoms with Crippen LogP contribution in [0.3, 0.4) is 0 Å². The van der Waals surface area contributed by atoms with Gasteiger partial charge in [-0.1, -0.05) is 29.3 Å². The summed E-state index contributed by atoms with van der Waals surface area (Å²) >= 11 is 12.7. The molecule has 3 aliphatic heterocycles. The van der Waals surface area contributed by atoms with Gasteiger partial charge in [0, 0.05) is 61.2 Å². The monoisotopic (exact) mass is 718 g/mol. The van der Waals surface area contributed by atoms with Crippen LogP contribution >= 0.6 is 23.2 Å². The van der Waals surface area contributed by atoms with Gasteiger partial charge in [0.15, 0.2) is 0 Å². The van der Waals surface area contributed by atoms with Crippen LogP contribution in [-0.2, 0) is 34.9 Å². The van der Waals surface area contributed by atoms with Crippen LogP contribution in [0.5, 0.6) is 5.75 Å². The van der Waals surface area contributed by atoms with Crippen molar-refractivity contribution in [2.24, 2.45) is 0 Å². The van der Waals surface area contributed by atoms with Crippen LogP contribution in [0.25, 0.3) is 5.69 Å². The van der Waals surface area contributed by atoms with E-state index >= 15 is 0 Å². The molecule has 2 unspecified atom stereocenters. The summed E-state index contributed by atoms with van der Waals surface area (Å²) in [6.07, 6.45) is 4.54. The van der Waals surface area contributed by atoms with Crippen LogP contribution in [0.15, 0.2) is 89.0 Å². The van der Waals surface area contributed by atoms with Crippen molar-refractivity contribution in [3.8, 4) is 11.4 Å². The summed E-state index contributed by atoms with van der Waals surface area (Å²) in [5.74, 6) is -0.434. The molecule has 50 heavy (non-hydrogen) atoms. The molecule has 5 heterocycles. The van der Waals surface area contributed by atoms with E-state index in [2.05, 4.69) is 32.0 Å². The van der Waals surface area contributed by atoms with Gasteiger partial charge in [-0.25, -0.2) is 33.2 Å². The molecule has 0 N–H and O–H groups in total. The second-order valence-electron chi connectivity index (χ2n) is 12.7. The zero-order chi connectivity index (χ0) is 34.2. The van der Waals surface area contributed by atoms with Gasteiger partial charge in [-0.3, -0.25) is 0 Å². The molecule has 2 atom stereocenters. The van der Waals surface area contributed by atoms with Gasteiger partial charge < -0.3 is 24.0 Å². The quantitative estimate of drug-likeness (QED) is 0.222. The minimum absolute atomic E-state index is 0.260. The smallest absolute Gasteiger partial charge is 0.351 e. The van der Waals surface area contributed by atoms with E-state index in [-0.39, 0.29) is 30.6 Å². The molecular weight excluding hydrogens is 683 g/mol. The number of rotatable bonds is 9. The van der Waals surface area contributed by atoms with Gasteiger partial charge >= 0.3 is 11.4 Å². The van der Waals surface area contributed by atoms with E-state index in [1.807, 2.05) is 42.5 Å². The fourth-order valence-corrected chi connectivity index (χ4v) is 7.51. The zero-order valence-corrected chi connectivity index (χ0v) is 28.7. The molecule has 5 aromatic rings. The zero-order valence-electron chi connectivity index (χ0n) is 27.2. The Morgan fingerprint density at radius 1 is 0.800 bits per heavy atom. The maximum absolute atomic E-state index is 12.9. The molecule has 0 spiro atoms. The molecule has 3 aromatic carbocycles. The summed E-state index contributed by atoms with van der Waals surface area (Å²) in [7, 11) is 0. The van der Waals surface area contributed by atoms with Crippen molar-refractivity contribution in [2.75, 3.05) is 49.2 Å². The Morgan fingerprint density at radius 3 is 2.02 bits per heavy atom. The molecule has 2 saturated heterocycles. The van der Waals surface area contributed by atoms with Crippen molar-refractivity contribution >= 4 is 34.6 Å². The molecule has 2 aromatic heterocycles. The number of hydrogen-bond donors (Lipinski definition) is 0. The summed E-state index contributed by atoms with van der Waals surface area (Å²) in [4.78, 5) is 34.5. The average Bonchev–Trinajstić information content (AvgIpc) is 3.87. The fraction of sp³-hybridized carbons (Fsp3) is 0.371. The second-order valence-corrected chi connectivity index (χ2v) is 13.5. The number of fused-ring (bicyclic) bond motifs is 1. The van der Waals surface area contributed by atoms with E-state index in [9.17, 15) is 9.59 Å². The van der Waals surface area contributed by atoms with Gasteiger partial charge in [-0.05, 0) is 73.5 Å². The van der Waals surface area contributed by atoms with Gasteiger partial charge in [-0.2, -0.15) is 5.10 Å². The largest absolute Gasteiger partial charge is 0.491 e. The lowest BCUT2D eigenvalue weighted by molar-refractivity contribution is -0.190. The number of nitrogens with zero attached hydrogens (tertiary/aromatic N) is 8. The molecule has 2 fully saturated rings. The Balaban J connectivity index is 0.861. The van der Waals surface area contributed by atoms with Crippen LogP contribution < -0.4 is 25.9 Å². The summed E-state index contributed by atoms with van der Waals surface area (Å²) in [6.45, 7) is 5.41. The maximum atomic E-state index is 12.9. The van der Waals surface area contributed by atoms with Crippen molar-refractivity contribution in [3.63, 3.8) is 0 Å². The number of hydrogen-bond acceptors (Lipinski definition) is 9. The number of halogens is 2. The Hall–Kier alpha value is -4.56. The Morgan fingerprint density at radius 2 is 1.42 bits per heavy atom. The van der Waals surface area contributed by atoms with Gasteiger partial charge in [0.2, 0.25) is 5.79 Å². The molecule has 0 saturated carbocycles. The molecule has 3 aliphatic rings. The first kappa shape index (κ1) is 32.6. The van der Waals surface area contributed by atoms with Gasteiger partial charge in [0.1, 0.15) is 37.7 Å². The first-order valence-corrected chi connectivity index (χ1v) is 17.5. The summed E-state index contributed by atoms with van der Waals surface area (Å²) in [5, 5.41) is 5.19. The predicted molar refractivity (Wildman–Crippen MR) is 189 cm³/mol. The summed E-state index contributed by atoms with van der Waals surface area (Å²) < 4.78 is 24.9. The van der Waals surface area contributed by atoms with E-state index in [1.54, 1.807) is 32.5 Å². The number of ether oxygens (including phenoxy) is 3. The van der Waals surface area contributed by atoms with Crippen molar-refractivity contribution < 1.29 is 14.2 Å². The molecule has 260 valence electrons. The highest BCUT2D eigenvalue weighted by Gasteiger charge is 2.45. The van der Waals surface area contributed by atoms with Crippen molar-refractivity contribution in [3.05, 3.63) is 116 Å². The number of piperazine rings is 1. The van der Waals surface area contributed by atoms with Crippen molar-refractivity contribution in [2.45, 2.75) is 44.4 Å². The number of aromatic nitrogens is 6. The number of anilines is 2. The Bertz CT molecular complexity index is 2030. The minimum atomic E-state index is -1.17. The second kappa shape index (κ2) is 13.6. The van der Waals surface area contributed by atoms with Crippen LogP contribution in [0.4, 0.5) is 11.4 Å². The van der Waals surface area contributed by atoms with Crippen molar-refractivity contribution in [1.29, 1.82) is 0 Å². The molecule has 0 radical (unpaired) electrons. The van der Waals surface area contributed by atoms with E-state index in [4.69, 9.17) is 37.4 Å². The van der Waals surface area contributed by atoms with Gasteiger partial charge in [0.05, 0.1) is 17.3 Å². The van der Waals surface area contributed by atoms with E-state index in [0.717, 1.165) is 56.1 Å². The molecule has 0 amide bonds. The van der Waals surface area contributed by atoms with Crippen LogP contribution in [0.2, 0.25) is 10.0 Å². The molecule has 0 bridgehead atoms. The SMILES string of the molecule is O=c1n(-c2ccc(N3CCN(c4ccc(OCC5COC(Cn6cncn6)(c6ccc(Cl)cc6Cl)O5)cc4)CC3)cc2)c(=O)n2n1CCCC2. The highest BCUT2D eigenvalue weighted by atomic mass is 35.5. The third kappa shape index (κ3) is 6.30. The fourth-order valence-electron chi connectivity index (χ4n) is 6.96. The topological polar surface area (TPSA) is 114 Å². The number of benzene rings is 3. The lowest BCUT2D eigenvalue weighted by Gasteiger charge is -2.37. The van der Waals surface area contributed by atoms with Crippen molar-refractivity contribution in [1.82, 2.24) is 28.7 Å². The lowest BCUT2D eigenvalue weighted by atomic mass is 10.1. The normalized spacial score (nSPS) is 20.6. The van der Waals surface area contributed by atoms with Gasteiger partial charge in [0.25, 0.3) is 0 Å². The summed E-state index contributed by atoms with van der Waals surface area (Å²) in [5.41, 5.74) is 2.91. The predicted octanol–water partition coefficient (Wildman–Crippen LogP) is 4.17. The maximum Gasteiger partial charge on any atom is 0.351 e. The highest BCUT2D eigenvalue weighted by molar-refractivity contribution is 6.35. The first-order valence-electron chi connectivity index (χ1n) is 16.7. The molecule has 15 heteroatoms. The standard InChI is InChI=1S/C35H36Cl2N8O5/c36-25-3-12-31(32(37)19-25)35(22-42-24-38-23-39-42)49-21-30(50-35)20-48-29-10-8-27(9-11-29)41-17-15-40(16-18-41)26-4-6-28(7-5-26)45-33(46)43-13-1-2-14-44(43)34(45)47/h3-12,19,23-24,30H,1-2,13-18,20-22H2. The van der Waals surface area contributed by atoms with Crippen LogP contribution in [0, 0.1) is 0 Å². The van der Waals surface area contributed by atoms with Crippen LogP contribution in [0.1, 0.15) is 18.4 Å². The van der Waals surface area contributed by atoms with Gasteiger partial charge in [-0.15, -0.1) is 0 Å². The Kier molecular flexibility index (Phi) is 8.90. The molecular formula is C35H36Cl2N8O5.